The molecule has 0 aliphatic carbocycles. The monoisotopic (exact) mass is 993 g/mol. The van der Waals surface area contributed by atoms with Crippen LogP contribution >= 0.6 is 0 Å². The molecular weight excluding hydrogens is 941 g/mol. The molecule has 6 rings (SSSR count). The molecular formula is C39H52InN13O11. The van der Waals surface area contributed by atoms with E-state index in [4.69, 9.17) is 18.0 Å². The number of pyridine rings is 2. The van der Waals surface area contributed by atoms with Crippen LogP contribution in [0.25, 0.3) is 23.0 Å². The van der Waals surface area contributed by atoms with Crippen LogP contribution in [0.1, 0.15) is 19.3 Å². The number of ether oxygens (including phenoxy) is 2. The molecule has 2 atom stereocenters. The van der Waals surface area contributed by atoms with E-state index < -0.39 is 40.7 Å². The maximum absolute atomic E-state index is 12.9. The molecule has 3 aromatic heterocycles. The van der Waals surface area contributed by atoms with Crippen molar-refractivity contribution in [2.75, 3.05) is 123 Å². The predicted molar refractivity (Wildman–Crippen MR) is 224 cm³/mol. The summed E-state index contributed by atoms with van der Waals surface area (Å²) in [6.07, 6.45) is 3.78. The summed E-state index contributed by atoms with van der Waals surface area (Å²) in [5, 5.41) is 24.7. The molecule has 3 fully saturated rings. The van der Waals surface area contributed by atoms with Crippen molar-refractivity contribution in [1.29, 1.82) is 0 Å². The molecule has 2 unspecified atom stereocenters. The van der Waals surface area contributed by atoms with E-state index in [9.17, 15) is 28.8 Å². The molecule has 3 aliphatic heterocycles. The van der Waals surface area contributed by atoms with Gasteiger partial charge in [0.25, 0.3) is 0 Å². The first kappa shape index (κ1) is 48.2. The Morgan fingerprint density at radius 3 is 1.64 bits per heavy atom. The molecule has 24 nitrogen and oxygen atoms in total. The van der Waals surface area contributed by atoms with E-state index in [-0.39, 0.29) is 82.3 Å². The Balaban J connectivity index is 0.791. The van der Waals surface area contributed by atoms with E-state index in [1.54, 1.807) is 30.5 Å². The molecule has 3 saturated heterocycles. The van der Waals surface area contributed by atoms with Crippen molar-refractivity contribution in [3.8, 4) is 23.0 Å². The summed E-state index contributed by atoms with van der Waals surface area (Å²) >= 11 is -4.19. The summed E-state index contributed by atoms with van der Waals surface area (Å²) < 4.78 is 27.3. The Hall–Kier alpha value is -5.31. The van der Waals surface area contributed by atoms with Crippen molar-refractivity contribution in [3.05, 3.63) is 42.7 Å². The van der Waals surface area contributed by atoms with Gasteiger partial charge in [0.05, 0.1) is 31.7 Å². The van der Waals surface area contributed by atoms with Crippen LogP contribution in [0.2, 0.25) is 0 Å². The number of nitrogens with one attached hydrogen (secondary N) is 3. The van der Waals surface area contributed by atoms with Gasteiger partial charge in [-0.25, -0.2) is 0 Å². The maximum atomic E-state index is 12.9. The van der Waals surface area contributed by atoms with E-state index in [1.807, 2.05) is 25.7 Å². The van der Waals surface area contributed by atoms with Crippen molar-refractivity contribution >= 4 is 64.1 Å². The molecule has 3 N–H and O–H groups in total. The van der Waals surface area contributed by atoms with Crippen molar-refractivity contribution in [2.24, 2.45) is 0 Å². The van der Waals surface area contributed by atoms with Crippen LogP contribution in [0.3, 0.4) is 0 Å². The van der Waals surface area contributed by atoms with Gasteiger partial charge in [0.1, 0.15) is 11.4 Å². The number of hydrogen-bond donors (Lipinski definition) is 3. The van der Waals surface area contributed by atoms with Crippen molar-refractivity contribution in [1.82, 2.24) is 60.6 Å². The molecule has 64 heavy (non-hydrogen) atoms. The minimum atomic E-state index is -4.19. The van der Waals surface area contributed by atoms with Gasteiger partial charge in [0.15, 0.2) is 0 Å². The number of fused-ring (bicyclic) bond motifs is 7. The van der Waals surface area contributed by atoms with Crippen LogP contribution in [-0.2, 0) is 46.8 Å². The van der Waals surface area contributed by atoms with Gasteiger partial charge in [-0.2, -0.15) is 0 Å². The molecule has 0 radical (unpaired) electrons. The van der Waals surface area contributed by atoms with Gasteiger partial charge in [-0.15, -0.1) is 20.4 Å². The van der Waals surface area contributed by atoms with Gasteiger partial charge in [-0.3, -0.25) is 19.6 Å². The quantitative estimate of drug-likeness (QED) is 0.112. The summed E-state index contributed by atoms with van der Waals surface area (Å²) in [6, 6.07) is 8.66. The molecule has 25 heteroatoms. The normalized spacial score (nSPS) is 19.7. The third kappa shape index (κ3) is 17.0. The van der Waals surface area contributed by atoms with Crippen LogP contribution in [0.5, 0.6) is 0 Å². The topological polar surface area (TPSA) is 275 Å². The number of carbonyl (C=O) groups excluding carboxylic acids is 6. The summed E-state index contributed by atoms with van der Waals surface area (Å²) in [6.45, 7) is 5.69. The Morgan fingerprint density at radius 1 is 0.609 bits per heavy atom. The fraction of sp³-hybridized carbons (Fsp3) is 0.538. The number of nitrogens with zero attached hydrogens (tertiary/aromatic N) is 10. The van der Waals surface area contributed by atoms with Gasteiger partial charge in [-0.1, -0.05) is 6.07 Å². The third-order valence-electron chi connectivity index (χ3n) is 10.0. The molecule has 4 bridgehead atoms. The summed E-state index contributed by atoms with van der Waals surface area (Å²) in [5.41, 5.74) is 1.47. The van der Waals surface area contributed by atoms with E-state index in [1.165, 1.54) is 6.20 Å². The first-order chi connectivity index (χ1) is 31.1. The Bertz CT molecular complexity index is 1970. The van der Waals surface area contributed by atoms with Crippen molar-refractivity contribution in [3.63, 3.8) is 0 Å². The van der Waals surface area contributed by atoms with Crippen LogP contribution < -0.4 is 16.0 Å². The van der Waals surface area contributed by atoms with Crippen LogP contribution in [-0.4, -0.2) is 226 Å². The predicted octanol–water partition coefficient (Wildman–Crippen LogP) is -2.37. The fourth-order valence-electron chi connectivity index (χ4n) is 6.62. The Morgan fingerprint density at radius 2 is 1.12 bits per heavy atom. The second-order valence-electron chi connectivity index (χ2n) is 14.9. The van der Waals surface area contributed by atoms with Crippen LogP contribution in [0, 0.1) is 0 Å². The van der Waals surface area contributed by atoms with Crippen LogP contribution in [0.15, 0.2) is 42.7 Å². The summed E-state index contributed by atoms with van der Waals surface area (Å²) in [7, 11) is 0. The standard InChI is InChI=1S/C39H55N13O11.In/c53-32(5-3-6-33(54)44-29-7-8-31(43-24-29)39-47-45-38(46-48-39)30-4-1-2-9-40-30)41-10-20-62-22-23-63-21-11-42-34(55)25-49-12-14-50(26-35(56)57)16-18-52(28-37(60)61)19-17-51(15-13-49)27-36(58)59;/h1-2,4,7-9,24H,3,5-6,10-23,25-28H2,(H,41,53)(H,42,55)(H,44,54)(H,56,57)(H,58,59)(H,60,61);/q;+3/p-3. The molecule has 0 saturated carbocycles. The van der Waals surface area contributed by atoms with E-state index in [0.29, 0.717) is 101 Å². The van der Waals surface area contributed by atoms with Gasteiger partial charge in [0.2, 0.25) is 23.5 Å². The second kappa shape index (κ2) is 25.8. The molecule has 0 spiro atoms. The molecule has 6 heterocycles. The molecule has 3 amide bonds. The molecule has 0 aromatic carbocycles. The van der Waals surface area contributed by atoms with E-state index in [2.05, 4.69) is 46.3 Å². The summed E-state index contributed by atoms with van der Waals surface area (Å²) in [4.78, 5) is 91.9. The average Bonchev–Trinajstić information content (AvgIpc) is 3.32. The van der Waals surface area contributed by atoms with Gasteiger partial charge in [0, 0.05) is 25.6 Å². The first-order valence-electron chi connectivity index (χ1n) is 21.1. The number of carbonyl (C=O) groups is 6. The van der Waals surface area contributed by atoms with Gasteiger partial charge in [-0.05, 0) is 30.7 Å². The SMILES string of the molecule is O=C(CCCC(=O)Nc1ccc(-c2nnc(-c3ccccn3)nn2)nc1)NCCOCCOCCNC(=O)CN1CCN2CCN3CCN(CC1)CC(=O)[O][In]([O]C(=O)C2)[O]C(=O)C3. The zero-order valence-electron chi connectivity index (χ0n) is 35.4. The third-order valence-corrected chi connectivity index (χ3v) is 13.9. The molecule has 3 aromatic rings. The fourth-order valence-corrected chi connectivity index (χ4v) is 9.51. The average molecular weight is 994 g/mol. The zero-order chi connectivity index (χ0) is 44.9. The van der Waals surface area contributed by atoms with Crippen molar-refractivity contribution < 1.29 is 46.8 Å². The number of aromatic nitrogens is 6. The minimum absolute atomic E-state index is 0.0119. The molecule has 342 valence electrons. The van der Waals surface area contributed by atoms with Crippen molar-refractivity contribution in [2.45, 2.75) is 19.3 Å². The number of amides is 3. The van der Waals surface area contributed by atoms with E-state index in [0.717, 1.165) is 0 Å². The van der Waals surface area contributed by atoms with E-state index >= 15 is 0 Å². The summed E-state index contributed by atoms with van der Waals surface area (Å²) in [5.74, 6) is -1.91. The van der Waals surface area contributed by atoms with Gasteiger partial charge >= 0.3 is 191 Å². The van der Waals surface area contributed by atoms with Crippen LogP contribution in [0.4, 0.5) is 5.69 Å². The number of rotatable bonds is 18. The Kier molecular flexibility index (Phi) is 19.4. The first-order valence-corrected chi connectivity index (χ1v) is 25.1. The zero-order valence-corrected chi connectivity index (χ0v) is 38.7. The second-order valence-corrected chi connectivity index (χ2v) is 18.5. The Labute approximate surface area is 378 Å². The number of hydrogen-bond acceptors (Lipinski definition) is 21. The number of anilines is 1. The molecule has 3 aliphatic rings. The van der Waals surface area contributed by atoms with Gasteiger partial charge < -0.3 is 20.1 Å².